The third-order valence-corrected chi connectivity index (χ3v) is 6.30. The summed E-state index contributed by atoms with van der Waals surface area (Å²) in [5, 5.41) is 2.00. The van der Waals surface area contributed by atoms with Crippen LogP contribution in [0.15, 0.2) is 74.5 Å². The topological polar surface area (TPSA) is 79.6 Å². The highest BCUT2D eigenvalue weighted by Crippen LogP contribution is 2.35. The number of imide groups is 1. The van der Waals surface area contributed by atoms with Gasteiger partial charge in [-0.05, 0) is 64.1 Å². The van der Waals surface area contributed by atoms with E-state index in [9.17, 15) is 27.6 Å². The summed E-state index contributed by atoms with van der Waals surface area (Å²) >= 11 is 3.94. The smallest absolute Gasteiger partial charge is 0.416 e. The van der Waals surface area contributed by atoms with Gasteiger partial charge in [0, 0.05) is 16.1 Å². The van der Waals surface area contributed by atoms with Crippen molar-refractivity contribution in [3.05, 3.63) is 81.4 Å². The summed E-state index contributed by atoms with van der Waals surface area (Å²) in [5.74, 6) is -0.880. The molecule has 0 bridgehead atoms. The number of halogens is 4. The van der Waals surface area contributed by atoms with Crippen LogP contribution in [0, 0.1) is 0 Å². The molecule has 1 saturated heterocycles. The lowest BCUT2D eigenvalue weighted by Gasteiger charge is -2.13. The molecule has 0 spiro atoms. The number of carbonyl (C=O) groups excluding carboxylic acids is 3. The van der Waals surface area contributed by atoms with E-state index in [-0.39, 0.29) is 22.0 Å². The van der Waals surface area contributed by atoms with Crippen molar-refractivity contribution in [3.8, 4) is 11.3 Å². The van der Waals surface area contributed by atoms with Gasteiger partial charge < -0.3 is 9.73 Å². The summed E-state index contributed by atoms with van der Waals surface area (Å²) in [7, 11) is 0. The van der Waals surface area contributed by atoms with Crippen LogP contribution in [0.5, 0.6) is 0 Å². The molecule has 0 radical (unpaired) electrons. The zero-order chi connectivity index (χ0) is 24.5. The van der Waals surface area contributed by atoms with Crippen LogP contribution < -0.4 is 5.32 Å². The van der Waals surface area contributed by atoms with Crippen LogP contribution in [0.4, 0.5) is 23.7 Å². The number of thioether (sulfide) groups is 1. The summed E-state index contributed by atoms with van der Waals surface area (Å²) in [5.41, 5.74) is -0.107. The molecule has 1 fully saturated rings. The number of furan rings is 1. The number of amides is 3. The molecule has 1 N–H and O–H groups in total. The number of alkyl halides is 3. The molecule has 0 atom stereocenters. The molecular weight excluding hydrogens is 537 g/mol. The first kappa shape index (κ1) is 23.8. The van der Waals surface area contributed by atoms with Crippen molar-refractivity contribution >= 4 is 56.5 Å². The predicted molar refractivity (Wildman–Crippen MR) is 125 cm³/mol. The number of hydrogen-bond donors (Lipinski definition) is 1. The first-order chi connectivity index (χ1) is 16.1. The Balaban J connectivity index is 1.47. The van der Waals surface area contributed by atoms with Crippen LogP contribution in [-0.2, 0) is 15.8 Å². The second-order valence-corrected chi connectivity index (χ2v) is 8.92. The number of carbonyl (C=O) groups is 3. The van der Waals surface area contributed by atoms with Gasteiger partial charge in [-0.2, -0.15) is 13.2 Å². The number of para-hydroxylation sites is 1. The quantitative estimate of drug-likeness (QED) is 0.371. The molecule has 0 aliphatic carbocycles. The first-order valence-electron chi connectivity index (χ1n) is 9.69. The fourth-order valence-electron chi connectivity index (χ4n) is 3.10. The number of nitrogens with zero attached hydrogens (tertiary/aromatic N) is 1. The zero-order valence-electron chi connectivity index (χ0n) is 17.1. The van der Waals surface area contributed by atoms with E-state index in [0.717, 1.165) is 17.0 Å². The summed E-state index contributed by atoms with van der Waals surface area (Å²) in [4.78, 5) is 38.1. The van der Waals surface area contributed by atoms with E-state index in [1.807, 2.05) is 0 Å². The first-order valence-corrected chi connectivity index (χ1v) is 11.3. The van der Waals surface area contributed by atoms with Gasteiger partial charge in [0.05, 0.1) is 16.2 Å². The summed E-state index contributed by atoms with van der Waals surface area (Å²) in [6.45, 7) is -0.475. The van der Waals surface area contributed by atoms with E-state index in [2.05, 4.69) is 21.2 Å². The van der Waals surface area contributed by atoms with Crippen LogP contribution in [-0.4, -0.2) is 28.5 Å². The number of rotatable bonds is 5. The van der Waals surface area contributed by atoms with Crippen LogP contribution in [0.1, 0.15) is 11.3 Å². The van der Waals surface area contributed by atoms with Crippen molar-refractivity contribution in [2.75, 3.05) is 11.9 Å². The van der Waals surface area contributed by atoms with Crippen LogP contribution >= 0.6 is 27.7 Å². The monoisotopic (exact) mass is 550 g/mol. The lowest BCUT2D eigenvalue weighted by Crippen LogP contribution is -2.36. The number of hydrogen-bond acceptors (Lipinski definition) is 5. The lowest BCUT2D eigenvalue weighted by atomic mass is 10.1. The van der Waals surface area contributed by atoms with Gasteiger partial charge in [0.15, 0.2) is 0 Å². The molecule has 3 amide bonds. The molecular formula is C23H14BrF3N2O4S. The van der Waals surface area contributed by atoms with Gasteiger partial charge in [-0.25, -0.2) is 0 Å². The van der Waals surface area contributed by atoms with Crippen molar-refractivity contribution in [1.82, 2.24) is 4.90 Å². The molecule has 174 valence electrons. The number of nitrogens with one attached hydrogen (secondary N) is 1. The van der Waals surface area contributed by atoms with Gasteiger partial charge in [0.2, 0.25) is 5.91 Å². The Morgan fingerprint density at radius 1 is 1.09 bits per heavy atom. The Morgan fingerprint density at radius 3 is 2.59 bits per heavy atom. The molecule has 4 rings (SSSR count). The lowest BCUT2D eigenvalue weighted by molar-refractivity contribution is -0.137. The van der Waals surface area contributed by atoms with Gasteiger partial charge in [-0.1, -0.05) is 24.3 Å². The van der Waals surface area contributed by atoms with Gasteiger partial charge in [-0.15, -0.1) is 0 Å². The third kappa shape index (κ3) is 5.26. The maximum absolute atomic E-state index is 13.0. The molecule has 1 aliphatic rings. The van der Waals surface area contributed by atoms with Crippen molar-refractivity contribution in [2.24, 2.45) is 0 Å². The Hall–Kier alpha value is -3.31. The molecule has 2 heterocycles. The molecule has 0 saturated carbocycles. The molecule has 3 aromatic rings. The minimum Gasteiger partial charge on any atom is -0.457 e. The molecule has 11 heteroatoms. The zero-order valence-corrected chi connectivity index (χ0v) is 19.5. The molecule has 1 aliphatic heterocycles. The van der Waals surface area contributed by atoms with E-state index < -0.39 is 35.3 Å². The van der Waals surface area contributed by atoms with Gasteiger partial charge in [0.25, 0.3) is 11.1 Å². The van der Waals surface area contributed by atoms with E-state index in [1.165, 1.54) is 30.3 Å². The van der Waals surface area contributed by atoms with Gasteiger partial charge in [0.1, 0.15) is 18.1 Å². The van der Waals surface area contributed by atoms with E-state index >= 15 is 0 Å². The van der Waals surface area contributed by atoms with E-state index in [4.69, 9.17) is 4.42 Å². The van der Waals surface area contributed by atoms with E-state index in [0.29, 0.717) is 21.9 Å². The average molecular weight is 551 g/mol. The molecule has 0 unspecified atom stereocenters. The Kier molecular flexibility index (Phi) is 6.67. The molecule has 1 aromatic heterocycles. The second kappa shape index (κ2) is 9.51. The van der Waals surface area contributed by atoms with Crippen LogP contribution in [0.2, 0.25) is 0 Å². The molecule has 6 nitrogen and oxygen atoms in total. The van der Waals surface area contributed by atoms with Crippen molar-refractivity contribution in [2.45, 2.75) is 6.18 Å². The fourth-order valence-corrected chi connectivity index (χ4v) is 4.30. The SMILES string of the molecule is O=C(CN1C(=O)S/C(=C/c2ccc(-c3cccc(C(F)(F)F)c3)o2)C1=O)Nc1ccccc1Br. The van der Waals surface area contributed by atoms with Gasteiger partial charge in [-0.3, -0.25) is 19.3 Å². The summed E-state index contributed by atoms with van der Waals surface area (Å²) in [6.07, 6.45) is -3.18. The van der Waals surface area contributed by atoms with Crippen LogP contribution in [0.3, 0.4) is 0 Å². The Bertz CT molecular complexity index is 1320. The third-order valence-electron chi connectivity index (χ3n) is 4.70. The Morgan fingerprint density at radius 2 is 1.85 bits per heavy atom. The van der Waals surface area contributed by atoms with Crippen molar-refractivity contribution in [3.63, 3.8) is 0 Å². The summed E-state index contributed by atoms with van der Waals surface area (Å²) in [6, 6.07) is 14.5. The largest absolute Gasteiger partial charge is 0.457 e. The Labute approximate surface area is 203 Å². The second-order valence-electron chi connectivity index (χ2n) is 7.08. The van der Waals surface area contributed by atoms with E-state index in [1.54, 1.807) is 24.3 Å². The van der Waals surface area contributed by atoms with Crippen molar-refractivity contribution < 1.29 is 32.0 Å². The highest BCUT2D eigenvalue weighted by Gasteiger charge is 2.36. The maximum atomic E-state index is 13.0. The fraction of sp³-hybridized carbons (Fsp3) is 0.0870. The molecule has 2 aromatic carbocycles. The van der Waals surface area contributed by atoms with Crippen LogP contribution in [0.25, 0.3) is 17.4 Å². The normalized spacial score (nSPS) is 15.3. The summed E-state index contributed by atoms with van der Waals surface area (Å²) < 4.78 is 45.1. The predicted octanol–water partition coefficient (Wildman–Crippen LogP) is 6.40. The molecule has 34 heavy (non-hydrogen) atoms. The number of benzene rings is 2. The van der Waals surface area contributed by atoms with Crippen molar-refractivity contribution in [1.29, 1.82) is 0 Å². The minimum atomic E-state index is -4.49. The minimum absolute atomic E-state index is 0.0311. The van der Waals surface area contributed by atoms with Gasteiger partial charge >= 0.3 is 6.18 Å². The standard InChI is InChI=1S/C23H14BrF3N2O4S/c24-16-6-1-2-7-17(16)28-20(30)12-29-21(31)19(34-22(29)32)11-15-8-9-18(33-15)13-4-3-5-14(10-13)23(25,26)27/h1-11H,12H2,(H,28,30)/b19-11+. The maximum Gasteiger partial charge on any atom is 0.416 e. The highest BCUT2D eigenvalue weighted by molar-refractivity contribution is 9.10. The highest BCUT2D eigenvalue weighted by atomic mass is 79.9. The average Bonchev–Trinajstić information content (AvgIpc) is 3.35. The number of anilines is 1.